The van der Waals surface area contributed by atoms with Crippen LogP contribution in [0.2, 0.25) is 0 Å². The van der Waals surface area contributed by atoms with E-state index in [4.69, 9.17) is 4.74 Å². The van der Waals surface area contributed by atoms with Gasteiger partial charge in [0.15, 0.2) is 5.84 Å². The third-order valence-electron chi connectivity index (χ3n) is 4.20. The maximum absolute atomic E-state index is 13.8. The van der Waals surface area contributed by atoms with Crippen LogP contribution in [0.4, 0.5) is 20.2 Å². The molecule has 1 N–H and O–H groups in total. The number of nitrogens with zero attached hydrogens (tertiary/aromatic N) is 2. The highest BCUT2D eigenvalue weighted by Crippen LogP contribution is 2.30. The number of amidine groups is 2. The minimum Gasteiger partial charge on any atom is -0.494 e. The van der Waals surface area contributed by atoms with Crippen LogP contribution in [-0.2, 0) is 0 Å². The maximum Gasteiger partial charge on any atom is 0.162 e. The van der Waals surface area contributed by atoms with Gasteiger partial charge in [-0.1, -0.05) is 0 Å². The number of benzene rings is 3. The summed E-state index contributed by atoms with van der Waals surface area (Å²) in [6, 6.07) is 17.6. The number of rotatable bonds is 4. The molecule has 6 heteroatoms. The molecule has 0 fully saturated rings. The van der Waals surface area contributed by atoms with E-state index in [0.717, 1.165) is 11.3 Å². The fourth-order valence-electron chi connectivity index (χ4n) is 2.85. The standard InChI is InChI=1S/C22H17F2N3O/c1-2-28-18-10-5-15(6-11-18)22-26-20-13-17(24)9-12-19(20)25-21(27-22)14-3-7-16(23)8-4-14/h3-13H,2H2,1H3,(H,25,26,27). The van der Waals surface area contributed by atoms with Gasteiger partial charge in [0.25, 0.3) is 0 Å². The van der Waals surface area contributed by atoms with Crippen molar-refractivity contribution in [2.75, 3.05) is 11.9 Å². The quantitative estimate of drug-likeness (QED) is 0.669. The molecule has 0 amide bonds. The fourth-order valence-corrected chi connectivity index (χ4v) is 2.85. The number of anilines is 1. The normalized spacial score (nSPS) is 13.0. The Hall–Kier alpha value is -3.54. The summed E-state index contributed by atoms with van der Waals surface area (Å²) >= 11 is 0. The third-order valence-corrected chi connectivity index (χ3v) is 4.20. The molecule has 0 atom stereocenters. The molecule has 0 bridgehead atoms. The van der Waals surface area contributed by atoms with E-state index in [2.05, 4.69) is 15.3 Å². The topological polar surface area (TPSA) is 46.0 Å². The molecule has 1 aliphatic rings. The predicted octanol–water partition coefficient (Wildman–Crippen LogP) is 5.31. The zero-order valence-electron chi connectivity index (χ0n) is 15.1. The summed E-state index contributed by atoms with van der Waals surface area (Å²) in [5.74, 6) is 0.948. The average Bonchev–Trinajstić information content (AvgIpc) is 2.89. The molecule has 140 valence electrons. The molecule has 0 spiro atoms. The first kappa shape index (κ1) is 17.9. The Kier molecular flexibility index (Phi) is 4.85. The lowest BCUT2D eigenvalue weighted by Crippen LogP contribution is -2.15. The highest BCUT2D eigenvalue weighted by atomic mass is 19.1. The van der Waals surface area contributed by atoms with Crippen molar-refractivity contribution in [1.29, 1.82) is 0 Å². The van der Waals surface area contributed by atoms with Gasteiger partial charge in [0.1, 0.15) is 23.2 Å². The van der Waals surface area contributed by atoms with Crippen LogP contribution in [-0.4, -0.2) is 18.3 Å². The summed E-state index contributed by atoms with van der Waals surface area (Å²) in [4.78, 5) is 9.19. The number of hydrogen-bond donors (Lipinski definition) is 1. The minimum atomic E-state index is -0.377. The zero-order valence-corrected chi connectivity index (χ0v) is 15.1. The van der Waals surface area contributed by atoms with Crippen molar-refractivity contribution < 1.29 is 13.5 Å². The molecule has 0 aromatic heterocycles. The number of ether oxygens (including phenoxy) is 1. The minimum absolute atomic E-state index is 0.339. The van der Waals surface area contributed by atoms with E-state index < -0.39 is 0 Å². The molecule has 0 radical (unpaired) electrons. The van der Waals surface area contributed by atoms with E-state index >= 15 is 0 Å². The molecule has 1 heterocycles. The molecule has 4 rings (SSSR count). The van der Waals surface area contributed by atoms with Crippen LogP contribution in [0.5, 0.6) is 5.75 Å². The van der Waals surface area contributed by atoms with Gasteiger partial charge in [-0.15, -0.1) is 0 Å². The molecular formula is C22H17F2N3O. The van der Waals surface area contributed by atoms with Gasteiger partial charge in [-0.3, -0.25) is 0 Å². The second-order valence-corrected chi connectivity index (χ2v) is 6.15. The molecule has 0 aliphatic carbocycles. The van der Waals surface area contributed by atoms with Crippen LogP contribution in [0.1, 0.15) is 18.1 Å². The molecule has 28 heavy (non-hydrogen) atoms. The monoisotopic (exact) mass is 377 g/mol. The third kappa shape index (κ3) is 3.76. The van der Waals surface area contributed by atoms with Gasteiger partial charge in [-0.25, -0.2) is 18.8 Å². The van der Waals surface area contributed by atoms with Crippen molar-refractivity contribution >= 4 is 23.0 Å². The van der Waals surface area contributed by atoms with Gasteiger partial charge < -0.3 is 10.1 Å². The Morgan fingerprint density at radius 2 is 1.50 bits per heavy atom. The van der Waals surface area contributed by atoms with Crippen LogP contribution in [0.3, 0.4) is 0 Å². The molecule has 1 aliphatic heterocycles. The second-order valence-electron chi connectivity index (χ2n) is 6.15. The largest absolute Gasteiger partial charge is 0.494 e. The van der Waals surface area contributed by atoms with Gasteiger partial charge in [0.05, 0.1) is 18.0 Å². The van der Waals surface area contributed by atoms with E-state index in [1.807, 2.05) is 31.2 Å². The van der Waals surface area contributed by atoms with Crippen molar-refractivity contribution in [1.82, 2.24) is 0 Å². The summed E-state index contributed by atoms with van der Waals surface area (Å²) in [6.45, 7) is 2.49. The SMILES string of the molecule is CCOc1ccc(C2=NC(c3ccc(F)cc3)=Nc3ccc(F)cc3N2)cc1. The van der Waals surface area contributed by atoms with Crippen LogP contribution >= 0.6 is 0 Å². The zero-order chi connectivity index (χ0) is 19.5. The second kappa shape index (κ2) is 7.60. The summed E-state index contributed by atoms with van der Waals surface area (Å²) in [5, 5.41) is 3.16. The van der Waals surface area contributed by atoms with Crippen molar-refractivity contribution in [3.63, 3.8) is 0 Å². The Bertz CT molecular complexity index is 1060. The van der Waals surface area contributed by atoms with Crippen molar-refractivity contribution in [3.8, 4) is 5.75 Å². The maximum atomic E-state index is 13.8. The van der Waals surface area contributed by atoms with E-state index in [1.54, 1.807) is 18.2 Å². The van der Waals surface area contributed by atoms with Crippen LogP contribution < -0.4 is 10.1 Å². The highest BCUT2D eigenvalue weighted by Gasteiger charge is 2.16. The van der Waals surface area contributed by atoms with Gasteiger partial charge in [-0.05, 0) is 73.7 Å². The molecule has 3 aromatic carbocycles. The lowest BCUT2D eigenvalue weighted by Gasteiger charge is -2.11. The smallest absolute Gasteiger partial charge is 0.162 e. The average molecular weight is 377 g/mol. The summed E-state index contributed by atoms with van der Waals surface area (Å²) in [7, 11) is 0. The Balaban J connectivity index is 1.81. The van der Waals surface area contributed by atoms with Crippen LogP contribution in [0.15, 0.2) is 76.7 Å². The number of halogens is 2. The molecule has 0 unspecified atom stereocenters. The van der Waals surface area contributed by atoms with E-state index in [0.29, 0.717) is 35.2 Å². The van der Waals surface area contributed by atoms with Gasteiger partial charge in [-0.2, -0.15) is 0 Å². The number of aliphatic imine (C=N–C) groups is 2. The Morgan fingerprint density at radius 3 is 2.21 bits per heavy atom. The summed E-state index contributed by atoms with van der Waals surface area (Å²) < 4.78 is 32.6. The molecule has 0 saturated carbocycles. The first-order chi connectivity index (χ1) is 13.6. The molecular weight excluding hydrogens is 360 g/mol. The van der Waals surface area contributed by atoms with Crippen LogP contribution in [0.25, 0.3) is 0 Å². The van der Waals surface area contributed by atoms with Crippen molar-refractivity contribution in [2.45, 2.75) is 6.92 Å². The lowest BCUT2D eigenvalue weighted by molar-refractivity contribution is 0.340. The van der Waals surface area contributed by atoms with E-state index in [1.165, 1.54) is 24.3 Å². The molecule has 4 nitrogen and oxygen atoms in total. The van der Waals surface area contributed by atoms with Crippen molar-refractivity contribution in [2.24, 2.45) is 9.98 Å². The Labute approximate surface area is 161 Å². The first-order valence-corrected chi connectivity index (χ1v) is 8.85. The Morgan fingerprint density at radius 1 is 0.821 bits per heavy atom. The van der Waals surface area contributed by atoms with Crippen molar-refractivity contribution in [3.05, 3.63) is 89.5 Å². The van der Waals surface area contributed by atoms with Gasteiger partial charge >= 0.3 is 0 Å². The molecule has 3 aromatic rings. The van der Waals surface area contributed by atoms with Crippen LogP contribution in [0, 0.1) is 11.6 Å². The first-order valence-electron chi connectivity index (χ1n) is 8.85. The van der Waals surface area contributed by atoms with E-state index in [9.17, 15) is 8.78 Å². The number of nitrogens with one attached hydrogen (secondary N) is 1. The lowest BCUT2D eigenvalue weighted by atomic mass is 10.1. The predicted molar refractivity (Wildman–Crippen MR) is 107 cm³/mol. The molecule has 0 saturated heterocycles. The number of fused-ring (bicyclic) bond motifs is 1. The van der Waals surface area contributed by atoms with E-state index in [-0.39, 0.29) is 11.6 Å². The fraction of sp³-hybridized carbons (Fsp3) is 0.0909. The van der Waals surface area contributed by atoms with Gasteiger partial charge in [0, 0.05) is 11.1 Å². The van der Waals surface area contributed by atoms with Gasteiger partial charge in [0.2, 0.25) is 0 Å². The number of hydrogen-bond acceptors (Lipinski definition) is 4. The highest BCUT2D eigenvalue weighted by molar-refractivity contribution is 6.19. The summed E-state index contributed by atoms with van der Waals surface area (Å²) in [5.41, 5.74) is 2.49. The summed E-state index contributed by atoms with van der Waals surface area (Å²) in [6.07, 6.45) is 0.